The molecule has 0 bridgehead atoms. The van der Waals surface area contributed by atoms with Crippen LogP contribution in [0.2, 0.25) is 0 Å². The van der Waals surface area contributed by atoms with Crippen LogP contribution in [0, 0.1) is 0 Å². The number of hydrogen-bond acceptors (Lipinski definition) is 9. The van der Waals surface area contributed by atoms with Gasteiger partial charge in [-0.05, 0) is 31.5 Å². The molecule has 9 heteroatoms. The topological polar surface area (TPSA) is 139 Å². The van der Waals surface area contributed by atoms with Gasteiger partial charge in [-0.15, -0.1) is 0 Å². The second-order valence-corrected chi connectivity index (χ2v) is 5.63. The Bertz CT molecular complexity index is 815. The van der Waals surface area contributed by atoms with Gasteiger partial charge in [0, 0.05) is 12.2 Å². The van der Waals surface area contributed by atoms with Crippen molar-refractivity contribution >= 4 is 0 Å². The molecule has 0 aliphatic heterocycles. The number of benzene rings is 1. The van der Waals surface area contributed by atoms with Crippen molar-refractivity contribution in [2.45, 2.75) is 25.7 Å². The first-order valence-electron chi connectivity index (χ1n) is 8.17. The van der Waals surface area contributed by atoms with E-state index in [1.807, 2.05) is 0 Å². The maximum absolute atomic E-state index is 12.0. The van der Waals surface area contributed by atoms with E-state index in [4.69, 9.17) is 23.7 Å². The standard InChI is InChI=1S/C18H22O9/c1-10(25-12(9-20)5-6-19)26-16-8-14(22)17(23)18(27-16)11-3-4-13(21)15(7-11)24-2/h3-4,7-8,10,12,19-21,23H,5-6,9H2,1-2H3. The summed E-state index contributed by atoms with van der Waals surface area (Å²) in [5, 5.41) is 37.8. The molecule has 0 saturated carbocycles. The predicted octanol–water partition coefficient (Wildman–Crippen LogP) is 1.21. The number of methoxy groups -OCH3 is 1. The zero-order valence-electron chi connectivity index (χ0n) is 14.9. The number of phenols is 1. The molecule has 0 radical (unpaired) electrons. The summed E-state index contributed by atoms with van der Waals surface area (Å²) < 4.78 is 21.3. The summed E-state index contributed by atoms with van der Waals surface area (Å²) in [5.41, 5.74) is -0.452. The van der Waals surface area contributed by atoms with Gasteiger partial charge in [-0.1, -0.05) is 0 Å². The lowest BCUT2D eigenvalue weighted by atomic mass is 10.1. The molecule has 0 fully saturated rings. The molecule has 4 N–H and O–H groups in total. The fourth-order valence-corrected chi connectivity index (χ4v) is 2.35. The average Bonchev–Trinajstić information content (AvgIpc) is 2.64. The van der Waals surface area contributed by atoms with Crippen LogP contribution < -0.4 is 14.9 Å². The number of phenolic OH excluding ortho intramolecular Hbond substituents is 1. The quantitative estimate of drug-likeness (QED) is 0.471. The number of hydrogen-bond donors (Lipinski definition) is 4. The van der Waals surface area contributed by atoms with Crippen molar-refractivity contribution in [3.8, 4) is 34.5 Å². The molecule has 2 rings (SSSR count). The van der Waals surface area contributed by atoms with Gasteiger partial charge in [0.1, 0.15) is 0 Å². The molecule has 148 valence electrons. The van der Waals surface area contributed by atoms with Crippen LogP contribution in [0.3, 0.4) is 0 Å². The Morgan fingerprint density at radius 3 is 2.56 bits per heavy atom. The first-order chi connectivity index (χ1) is 12.9. The summed E-state index contributed by atoms with van der Waals surface area (Å²) in [7, 11) is 1.36. The molecule has 27 heavy (non-hydrogen) atoms. The van der Waals surface area contributed by atoms with Crippen molar-refractivity contribution in [3.05, 3.63) is 34.5 Å². The molecule has 0 saturated heterocycles. The van der Waals surface area contributed by atoms with Crippen molar-refractivity contribution in [1.29, 1.82) is 0 Å². The fourth-order valence-electron chi connectivity index (χ4n) is 2.35. The van der Waals surface area contributed by atoms with E-state index in [1.165, 1.54) is 32.2 Å². The predicted molar refractivity (Wildman–Crippen MR) is 94.0 cm³/mol. The highest BCUT2D eigenvalue weighted by molar-refractivity contribution is 5.67. The largest absolute Gasteiger partial charge is 0.504 e. The van der Waals surface area contributed by atoms with E-state index < -0.39 is 23.6 Å². The van der Waals surface area contributed by atoms with E-state index >= 15 is 0 Å². The van der Waals surface area contributed by atoms with Gasteiger partial charge in [0.2, 0.25) is 17.5 Å². The third kappa shape index (κ3) is 5.13. The summed E-state index contributed by atoms with van der Waals surface area (Å²) in [4.78, 5) is 12.0. The zero-order chi connectivity index (χ0) is 20.0. The molecular formula is C18H22O9. The Labute approximate surface area is 155 Å². The minimum Gasteiger partial charge on any atom is -0.504 e. The SMILES string of the molecule is COc1cc(-c2oc(OC(C)OC(CO)CCO)cc(=O)c2O)ccc1O. The van der Waals surface area contributed by atoms with E-state index in [9.17, 15) is 20.1 Å². The van der Waals surface area contributed by atoms with Crippen LogP contribution in [0.4, 0.5) is 0 Å². The third-order valence-electron chi connectivity index (χ3n) is 3.66. The van der Waals surface area contributed by atoms with E-state index in [2.05, 4.69) is 0 Å². The Morgan fingerprint density at radius 2 is 1.93 bits per heavy atom. The van der Waals surface area contributed by atoms with E-state index in [0.717, 1.165) is 6.07 Å². The van der Waals surface area contributed by atoms with Gasteiger partial charge >= 0.3 is 0 Å². The van der Waals surface area contributed by atoms with Gasteiger partial charge in [-0.3, -0.25) is 4.79 Å². The van der Waals surface area contributed by atoms with Gasteiger partial charge < -0.3 is 39.1 Å². The lowest BCUT2D eigenvalue weighted by molar-refractivity contribution is -0.132. The third-order valence-corrected chi connectivity index (χ3v) is 3.66. The minimum absolute atomic E-state index is 0.114. The van der Waals surface area contributed by atoms with Crippen LogP contribution in [0.5, 0.6) is 23.2 Å². The van der Waals surface area contributed by atoms with Crippen LogP contribution in [0.1, 0.15) is 13.3 Å². The molecule has 1 heterocycles. The summed E-state index contributed by atoms with van der Waals surface area (Å²) in [6.45, 7) is 1.04. The van der Waals surface area contributed by atoms with Crippen LogP contribution in [-0.4, -0.2) is 53.1 Å². The van der Waals surface area contributed by atoms with E-state index in [-0.39, 0.29) is 48.4 Å². The Hall–Kier alpha value is -2.75. The molecule has 0 aliphatic carbocycles. The van der Waals surface area contributed by atoms with E-state index in [0.29, 0.717) is 0 Å². The molecule has 1 aromatic heterocycles. The summed E-state index contributed by atoms with van der Waals surface area (Å²) in [6, 6.07) is 5.10. The Morgan fingerprint density at radius 1 is 1.19 bits per heavy atom. The highest BCUT2D eigenvalue weighted by Crippen LogP contribution is 2.35. The first kappa shape index (κ1) is 20.6. The second kappa shape index (κ2) is 9.26. The van der Waals surface area contributed by atoms with Crippen molar-refractivity contribution < 1.29 is 39.1 Å². The Kier molecular flexibility index (Phi) is 7.05. The second-order valence-electron chi connectivity index (χ2n) is 5.63. The maximum Gasteiger partial charge on any atom is 0.291 e. The molecular weight excluding hydrogens is 360 g/mol. The number of ether oxygens (including phenoxy) is 3. The molecule has 2 aromatic rings. The van der Waals surface area contributed by atoms with Crippen molar-refractivity contribution in [2.24, 2.45) is 0 Å². The normalized spacial score (nSPS) is 13.2. The highest BCUT2D eigenvalue weighted by Gasteiger charge is 2.19. The van der Waals surface area contributed by atoms with Crippen molar-refractivity contribution in [1.82, 2.24) is 0 Å². The maximum atomic E-state index is 12.0. The fraction of sp³-hybridized carbons (Fsp3) is 0.389. The smallest absolute Gasteiger partial charge is 0.291 e. The highest BCUT2D eigenvalue weighted by atomic mass is 16.7. The number of aliphatic hydroxyl groups is 2. The number of aromatic hydroxyl groups is 2. The van der Waals surface area contributed by atoms with Crippen molar-refractivity contribution in [2.75, 3.05) is 20.3 Å². The van der Waals surface area contributed by atoms with Crippen LogP contribution >= 0.6 is 0 Å². The Balaban J connectivity index is 2.29. The molecule has 9 nitrogen and oxygen atoms in total. The van der Waals surface area contributed by atoms with Gasteiger partial charge in [-0.2, -0.15) is 0 Å². The lowest BCUT2D eigenvalue weighted by Crippen LogP contribution is -2.28. The lowest BCUT2D eigenvalue weighted by Gasteiger charge is -2.20. The molecule has 2 unspecified atom stereocenters. The minimum atomic E-state index is -0.899. The van der Waals surface area contributed by atoms with Gasteiger partial charge in [0.15, 0.2) is 17.3 Å². The summed E-state index contributed by atoms with van der Waals surface area (Å²) in [6.07, 6.45) is -1.33. The summed E-state index contributed by atoms with van der Waals surface area (Å²) in [5.74, 6) is -0.994. The molecule has 1 aromatic carbocycles. The molecule has 2 atom stereocenters. The van der Waals surface area contributed by atoms with Gasteiger partial charge in [0.05, 0.1) is 25.9 Å². The van der Waals surface area contributed by atoms with Crippen LogP contribution in [0.15, 0.2) is 33.5 Å². The number of rotatable bonds is 9. The average molecular weight is 382 g/mol. The van der Waals surface area contributed by atoms with Gasteiger partial charge in [-0.25, -0.2) is 0 Å². The van der Waals surface area contributed by atoms with Crippen LogP contribution in [0.25, 0.3) is 11.3 Å². The van der Waals surface area contributed by atoms with Crippen LogP contribution in [-0.2, 0) is 4.74 Å². The summed E-state index contributed by atoms with van der Waals surface area (Å²) >= 11 is 0. The number of aliphatic hydroxyl groups excluding tert-OH is 2. The van der Waals surface area contributed by atoms with Gasteiger partial charge in [0.25, 0.3) is 5.95 Å². The first-order valence-corrected chi connectivity index (χ1v) is 8.17. The zero-order valence-corrected chi connectivity index (χ0v) is 14.9. The monoisotopic (exact) mass is 382 g/mol. The molecule has 0 amide bonds. The molecule has 0 aliphatic rings. The van der Waals surface area contributed by atoms with E-state index in [1.54, 1.807) is 0 Å². The van der Waals surface area contributed by atoms with Crippen molar-refractivity contribution in [3.63, 3.8) is 0 Å². The molecule has 0 spiro atoms.